The second-order valence-corrected chi connectivity index (χ2v) is 7.21. The van der Waals surface area contributed by atoms with Gasteiger partial charge in [0, 0.05) is 18.3 Å². The number of hydrogen-bond acceptors (Lipinski definition) is 4. The van der Waals surface area contributed by atoms with Crippen LogP contribution in [0, 0.1) is 5.92 Å². The SMILES string of the molecule is CCS(=O)(=O)CCN(C)CCC(N)C(C)C. The van der Waals surface area contributed by atoms with E-state index in [4.69, 9.17) is 5.73 Å². The number of sulfone groups is 1. The maximum atomic E-state index is 11.3. The van der Waals surface area contributed by atoms with E-state index >= 15 is 0 Å². The Labute approximate surface area is 100 Å². The van der Waals surface area contributed by atoms with Crippen molar-refractivity contribution in [2.75, 3.05) is 31.6 Å². The molecule has 5 heteroatoms. The van der Waals surface area contributed by atoms with Gasteiger partial charge in [0.25, 0.3) is 0 Å². The lowest BCUT2D eigenvalue weighted by Gasteiger charge is -2.21. The third-order valence-electron chi connectivity index (χ3n) is 2.92. The minimum Gasteiger partial charge on any atom is -0.327 e. The van der Waals surface area contributed by atoms with Gasteiger partial charge in [-0.25, -0.2) is 8.42 Å². The van der Waals surface area contributed by atoms with Crippen molar-refractivity contribution >= 4 is 9.84 Å². The maximum Gasteiger partial charge on any atom is 0.151 e. The van der Waals surface area contributed by atoms with Crippen molar-refractivity contribution in [3.8, 4) is 0 Å². The molecule has 0 amide bonds. The largest absolute Gasteiger partial charge is 0.327 e. The molecule has 0 aromatic heterocycles. The molecule has 4 nitrogen and oxygen atoms in total. The summed E-state index contributed by atoms with van der Waals surface area (Å²) in [4.78, 5) is 2.04. The quantitative estimate of drug-likeness (QED) is 0.690. The summed E-state index contributed by atoms with van der Waals surface area (Å²) in [7, 11) is -0.900. The van der Waals surface area contributed by atoms with Gasteiger partial charge in [-0.3, -0.25) is 0 Å². The molecule has 0 aromatic carbocycles. The topological polar surface area (TPSA) is 63.4 Å². The normalized spacial score (nSPS) is 14.7. The van der Waals surface area contributed by atoms with E-state index < -0.39 is 9.84 Å². The zero-order valence-electron chi connectivity index (χ0n) is 10.9. The molecule has 1 atom stereocenters. The molecule has 0 radical (unpaired) electrons. The third-order valence-corrected chi connectivity index (χ3v) is 4.61. The summed E-state index contributed by atoms with van der Waals surface area (Å²) in [6.45, 7) is 7.35. The molecule has 0 aromatic rings. The Morgan fingerprint density at radius 3 is 2.25 bits per heavy atom. The van der Waals surface area contributed by atoms with Gasteiger partial charge < -0.3 is 10.6 Å². The molecule has 0 heterocycles. The first kappa shape index (κ1) is 15.9. The van der Waals surface area contributed by atoms with Crippen LogP contribution in [0.3, 0.4) is 0 Å². The van der Waals surface area contributed by atoms with Crippen molar-refractivity contribution in [1.82, 2.24) is 4.90 Å². The van der Waals surface area contributed by atoms with Gasteiger partial charge >= 0.3 is 0 Å². The van der Waals surface area contributed by atoms with Gasteiger partial charge in [-0.1, -0.05) is 20.8 Å². The second-order valence-electron chi connectivity index (χ2n) is 4.74. The predicted octanol–water partition coefficient (Wildman–Crippen LogP) is 0.726. The summed E-state index contributed by atoms with van der Waals surface area (Å²) in [5.41, 5.74) is 5.93. The van der Waals surface area contributed by atoms with Crippen molar-refractivity contribution in [2.45, 2.75) is 33.2 Å². The molecule has 1 unspecified atom stereocenters. The second kappa shape index (κ2) is 7.25. The summed E-state index contributed by atoms with van der Waals surface area (Å²) >= 11 is 0. The lowest BCUT2D eigenvalue weighted by Crippen LogP contribution is -2.33. The monoisotopic (exact) mass is 250 g/mol. The molecule has 0 saturated heterocycles. The standard InChI is InChI=1S/C11H26N2O2S/c1-5-16(14,15)9-8-13(4)7-6-11(12)10(2)3/h10-11H,5-9,12H2,1-4H3. The van der Waals surface area contributed by atoms with Gasteiger partial charge in [-0.15, -0.1) is 0 Å². The van der Waals surface area contributed by atoms with Crippen LogP contribution in [0.4, 0.5) is 0 Å². The van der Waals surface area contributed by atoms with Crippen LogP contribution in [0.25, 0.3) is 0 Å². The molecule has 0 aliphatic carbocycles. The molecular weight excluding hydrogens is 224 g/mol. The van der Waals surface area contributed by atoms with Gasteiger partial charge in [0.1, 0.15) is 0 Å². The van der Waals surface area contributed by atoms with Crippen molar-refractivity contribution in [3.63, 3.8) is 0 Å². The fourth-order valence-corrected chi connectivity index (χ4v) is 2.13. The zero-order valence-corrected chi connectivity index (χ0v) is 11.8. The van der Waals surface area contributed by atoms with Crippen LogP contribution in [-0.4, -0.2) is 51.0 Å². The van der Waals surface area contributed by atoms with Crippen molar-refractivity contribution in [2.24, 2.45) is 11.7 Å². The average Bonchev–Trinajstić information content (AvgIpc) is 2.23. The Morgan fingerprint density at radius 2 is 1.81 bits per heavy atom. The Kier molecular flexibility index (Phi) is 7.19. The van der Waals surface area contributed by atoms with Crippen LogP contribution >= 0.6 is 0 Å². The van der Waals surface area contributed by atoms with E-state index in [1.165, 1.54) is 0 Å². The summed E-state index contributed by atoms with van der Waals surface area (Å²) in [6.07, 6.45) is 0.917. The predicted molar refractivity (Wildman–Crippen MR) is 69.3 cm³/mol. The molecule has 16 heavy (non-hydrogen) atoms. The Balaban J connectivity index is 3.80. The lowest BCUT2D eigenvalue weighted by molar-refractivity contribution is 0.316. The fourth-order valence-electron chi connectivity index (χ4n) is 1.25. The summed E-state index contributed by atoms with van der Waals surface area (Å²) in [5.74, 6) is 0.955. The number of nitrogens with two attached hydrogens (primary N) is 1. The molecule has 0 saturated carbocycles. The summed E-state index contributed by atoms with van der Waals surface area (Å²) < 4.78 is 22.6. The smallest absolute Gasteiger partial charge is 0.151 e. The molecule has 2 N–H and O–H groups in total. The van der Waals surface area contributed by atoms with Crippen LogP contribution in [0.1, 0.15) is 27.2 Å². The van der Waals surface area contributed by atoms with Gasteiger partial charge in [-0.05, 0) is 25.9 Å². The molecule has 98 valence electrons. The number of nitrogens with zero attached hydrogens (tertiary/aromatic N) is 1. The number of hydrogen-bond donors (Lipinski definition) is 1. The Morgan fingerprint density at radius 1 is 1.25 bits per heavy atom. The van der Waals surface area contributed by atoms with Crippen LogP contribution in [0.2, 0.25) is 0 Å². The summed E-state index contributed by atoms with van der Waals surface area (Å²) in [6, 6.07) is 0.199. The highest BCUT2D eigenvalue weighted by Gasteiger charge is 2.11. The van der Waals surface area contributed by atoms with E-state index in [1.54, 1.807) is 6.92 Å². The van der Waals surface area contributed by atoms with E-state index in [2.05, 4.69) is 13.8 Å². The van der Waals surface area contributed by atoms with Gasteiger partial charge in [0.15, 0.2) is 9.84 Å². The first-order valence-corrected chi connectivity index (χ1v) is 7.75. The summed E-state index contributed by atoms with van der Waals surface area (Å²) in [5, 5.41) is 0. The lowest BCUT2D eigenvalue weighted by atomic mass is 10.0. The minimum absolute atomic E-state index is 0.199. The van der Waals surface area contributed by atoms with E-state index in [0.717, 1.165) is 13.0 Å². The van der Waals surface area contributed by atoms with E-state index in [9.17, 15) is 8.42 Å². The first-order valence-electron chi connectivity index (χ1n) is 5.93. The Bertz CT molecular complexity index is 276. The highest BCUT2D eigenvalue weighted by molar-refractivity contribution is 7.91. The molecule has 0 aliphatic rings. The molecule has 0 rings (SSSR count). The van der Waals surface area contributed by atoms with Gasteiger partial charge in [-0.2, -0.15) is 0 Å². The molecule has 0 aliphatic heterocycles. The van der Waals surface area contributed by atoms with Gasteiger partial charge in [0.2, 0.25) is 0 Å². The highest BCUT2D eigenvalue weighted by atomic mass is 32.2. The Hall–Kier alpha value is -0.130. The van der Waals surface area contributed by atoms with Crippen molar-refractivity contribution < 1.29 is 8.42 Å². The van der Waals surface area contributed by atoms with Crippen LogP contribution in [0.5, 0.6) is 0 Å². The van der Waals surface area contributed by atoms with Gasteiger partial charge in [0.05, 0.1) is 5.75 Å². The molecule has 0 bridgehead atoms. The average molecular weight is 250 g/mol. The molecular formula is C11H26N2O2S. The molecule has 0 spiro atoms. The third kappa shape index (κ3) is 7.19. The number of rotatable bonds is 8. The van der Waals surface area contributed by atoms with Crippen LogP contribution in [-0.2, 0) is 9.84 Å². The maximum absolute atomic E-state index is 11.3. The highest BCUT2D eigenvalue weighted by Crippen LogP contribution is 2.03. The first-order chi connectivity index (χ1) is 7.28. The van der Waals surface area contributed by atoms with E-state index in [1.807, 2.05) is 11.9 Å². The van der Waals surface area contributed by atoms with Crippen LogP contribution < -0.4 is 5.73 Å². The minimum atomic E-state index is -2.84. The fraction of sp³-hybridized carbons (Fsp3) is 1.00. The van der Waals surface area contributed by atoms with Crippen molar-refractivity contribution in [1.29, 1.82) is 0 Å². The van der Waals surface area contributed by atoms with E-state index in [0.29, 0.717) is 12.5 Å². The zero-order chi connectivity index (χ0) is 12.8. The van der Waals surface area contributed by atoms with E-state index in [-0.39, 0.29) is 17.5 Å². The van der Waals surface area contributed by atoms with Crippen LogP contribution in [0.15, 0.2) is 0 Å². The molecule has 0 fully saturated rings. The van der Waals surface area contributed by atoms with Crippen molar-refractivity contribution in [3.05, 3.63) is 0 Å².